The number of anilines is 2. The number of hydrogen-bond donors (Lipinski definition) is 1. The van der Waals surface area contributed by atoms with Gasteiger partial charge in [0.05, 0.1) is 36.3 Å². The Morgan fingerprint density at radius 3 is 2.76 bits per heavy atom. The normalized spacial score (nSPS) is 22.2. The predicted molar refractivity (Wildman–Crippen MR) is 131 cm³/mol. The van der Waals surface area contributed by atoms with Gasteiger partial charge in [-0.15, -0.1) is 11.3 Å². The van der Waals surface area contributed by atoms with Crippen LogP contribution in [0.2, 0.25) is 0 Å². The lowest BCUT2D eigenvalue weighted by molar-refractivity contribution is 0.0917. The average Bonchev–Trinajstić information content (AvgIpc) is 3.43. The number of aliphatic hydroxyl groups is 1. The van der Waals surface area contributed by atoms with Crippen molar-refractivity contribution < 1.29 is 14.6 Å². The predicted octanol–water partition coefficient (Wildman–Crippen LogP) is 3.50. The van der Waals surface area contributed by atoms with Crippen LogP contribution in [0.5, 0.6) is 0 Å². The van der Waals surface area contributed by atoms with Crippen LogP contribution in [0.25, 0.3) is 0 Å². The molecule has 2 aliphatic heterocycles. The number of Topliss-reactive ketones (excluding diaryl/α,β-unsaturated/α-hetero) is 1. The van der Waals surface area contributed by atoms with E-state index in [1.54, 1.807) is 11.3 Å². The summed E-state index contributed by atoms with van der Waals surface area (Å²) in [5, 5.41) is 10.7. The molecule has 4 heterocycles. The molecule has 0 saturated carbocycles. The first-order valence-electron chi connectivity index (χ1n) is 11.8. The van der Waals surface area contributed by atoms with E-state index in [0.717, 1.165) is 71.3 Å². The van der Waals surface area contributed by atoms with Crippen molar-refractivity contribution in [1.29, 1.82) is 0 Å². The second-order valence-electron chi connectivity index (χ2n) is 9.96. The van der Waals surface area contributed by atoms with Gasteiger partial charge in [0.1, 0.15) is 10.8 Å². The van der Waals surface area contributed by atoms with Crippen LogP contribution in [0, 0.1) is 17.3 Å². The number of morpholine rings is 1. The van der Waals surface area contributed by atoms with Gasteiger partial charge in [0.15, 0.2) is 5.78 Å². The van der Waals surface area contributed by atoms with E-state index in [1.807, 2.05) is 18.3 Å². The second kappa shape index (κ2) is 9.09. The van der Waals surface area contributed by atoms with Crippen LogP contribution in [-0.2, 0) is 11.2 Å². The highest BCUT2D eigenvalue weighted by molar-refractivity contribution is 7.18. The van der Waals surface area contributed by atoms with Crippen molar-refractivity contribution in [3.8, 4) is 11.8 Å². The molecule has 0 unspecified atom stereocenters. The van der Waals surface area contributed by atoms with Crippen molar-refractivity contribution in [2.75, 3.05) is 49.3 Å². The number of nitrogens with zero attached hydrogens (tertiary/aromatic N) is 3. The van der Waals surface area contributed by atoms with Gasteiger partial charge in [-0.1, -0.05) is 25.7 Å². The van der Waals surface area contributed by atoms with E-state index >= 15 is 0 Å². The van der Waals surface area contributed by atoms with E-state index in [2.05, 4.69) is 40.5 Å². The van der Waals surface area contributed by atoms with Gasteiger partial charge in [-0.3, -0.25) is 4.79 Å². The molecule has 3 aliphatic rings. The smallest absolute Gasteiger partial charge is 0.173 e. The maximum Gasteiger partial charge on any atom is 0.173 e. The molecule has 174 valence electrons. The van der Waals surface area contributed by atoms with E-state index in [4.69, 9.17) is 4.74 Å². The number of thiophene rings is 1. The molecule has 5 rings (SSSR count). The fraction of sp³-hybridized carbons (Fsp3) is 0.538. The van der Waals surface area contributed by atoms with Crippen LogP contribution in [0.15, 0.2) is 18.3 Å². The number of pyridine rings is 1. The van der Waals surface area contributed by atoms with Crippen LogP contribution < -0.4 is 9.80 Å². The number of hydrogen-bond acceptors (Lipinski definition) is 7. The fourth-order valence-electron chi connectivity index (χ4n) is 5.11. The van der Waals surface area contributed by atoms with Crippen molar-refractivity contribution in [2.24, 2.45) is 5.41 Å². The highest BCUT2D eigenvalue weighted by Crippen LogP contribution is 2.45. The Morgan fingerprint density at radius 1 is 1.21 bits per heavy atom. The van der Waals surface area contributed by atoms with Crippen LogP contribution in [-0.4, -0.2) is 61.4 Å². The van der Waals surface area contributed by atoms with Gasteiger partial charge in [0, 0.05) is 37.8 Å². The molecule has 2 fully saturated rings. The van der Waals surface area contributed by atoms with E-state index < -0.39 is 0 Å². The fourth-order valence-corrected chi connectivity index (χ4v) is 6.38. The maximum atomic E-state index is 12.9. The maximum absolute atomic E-state index is 12.9. The summed E-state index contributed by atoms with van der Waals surface area (Å²) in [5.74, 6) is 7.89. The van der Waals surface area contributed by atoms with Gasteiger partial charge in [-0.25, -0.2) is 4.98 Å². The zero-order chi connectivity index (χ0) is 23.0. The topological polar surface area (TPSA) is 65.9 Å². The van der Waals surface area contributed by atoms with Gasteiger partial charge in [0.25, 0.3) is 0 Å². The molecular formula is C26H31N3O3S. The molecule has 7 heteroatoms. The number of ketones is 1. The van der Waals surface area contributed by atoms with Crippen molar-refractivity contribution in [3.63, 3.8) is 0 Å². The lowest BCUT2D eigenvalue weighted by atomic mass is 9.75. The Bertz CT molecular complexity index is 1090. The minimum absolute atomic E-state index is 0.0496. The molecule has 2 aromatic rings. The molecule has 0 bridgehead atoms. The lowest BCUT2D eigenvalue weighted by Gasteiger charge is -2.29. The molecule has 1 N–H and O–H groups in total. The van der Waals surface area contributed by atoms with E-state index in [9.17, 15) is 9.90 Å². The molecule has 0 amide bonds. The molecule has 33 heavy (non-hydrogen) atoms. The molecule has 0 radical (unpaired) electrons. The van der Waals surface area contributed by atoms with Gasteiger partial charge in [-0.2, -0.15) is 0 Å². The van der Waals surface area contributed by atoms with Crippen LogP contribution in [0.1, 0.15) is 59.5 Å². The van der Waals surface area contributed by atoms with Crippen molar-refractivity contribution in [2.45, 2.75) is 45.6 Å². The summed E-state index contributed by atoms with van der Waals surface area (Å²) >= 11 is 1.61. The van der Waals surface area contributed by atoms with Gasteiger partial charge in [-0.05, 0) is 42.4 Å². The highest BCUT2D eigenvalue weighted by Gasteiger charge is 2.36. The third-order valence-electron chi connectivity index (χ3n) is 6.80. The summed E-state index contributed by atoms with van der Waals surface area (Å²) in [7, 11) is 0. The van der Waals surface area contributed by atoms with Crippen molar-refractivity contribution in [3.05, 3.63) is 39.9 Å². The Labute approximate surface area is 199 Å². The van der Waals surface area contributed by atoms with Crippen molar-refractivity contribution in [1.82, 2.24) is 4.98 Å². The minimum Gasteiger partial charge on any atom is -0.394 e. The summed E-state index contributed by atoms with van der Waals surface area (Å²) in [6.45, 7) is 8.46. The monoisotopic (exact) mass is 465 g/mol. The first-order valence-corrected chi connectivity index (χ1v) is 12.6. The van der Waals surface area contributed by atoms with Crippen LogP contribution >= 0.6 is 11.3 Å². The Morgan fingerprint density at radius 2 is 2.03 bits per heavy atom. The molecule has 1 atom stereocenters. The number of ether oxygens (including phenoxy) is 1. The number of rotatable bonds is 3. The first kappa shape index (κ1) is 22.4. The lowest BCUT2D eigenvalue weighted by Crippen LogP contribution is -2.36. The Hall–Kier alpha value is -2.40. The molecule has 0 spiro atoms. The van der Waals surface area contributed by atoms with Crippen molar-refractivity contribution >= 4 is 27.9 Å². The number of fused-ring (bicyclic) bond motifs is 1. The zero-order valence-corrected chi connectivity index (χ0v) is 20.2. The number of carbonyl (C=O) groups is 1. The molecular weight excluding hydrogens is 434 g/mol. The Kier molecular flexibility index (Phi) is 6.17. The SMILES string of the molecule is CC1(C)CC(=O)c2sc(N3CCOCC3)c(C#Cc3ccc(N4CCC[C@H]4CO)nc3)c2C1. The quantitative estimate of drug-likeness (QED) is 0.700. The van der Waals surface area contributed by atoms with Crippen LogP contribution in [0.3, 0.4) is 0 Å². The van der Waals surface area contributed by atoms with Gasteiger partial charge < -0.3 is 19.6 Å². The summed E-state index contributed by atoms with van der Waals surface area (Å²) < 4.78 is 5.55. The number of aromatic nitrogens is 1. The zero-order valence-electron chi connectivity index (χ0n) is 19.4. The molecule has 1 aliphatic carbocycles. The van der Waals surface area contributed by atoms with E-state index in [-0.39, 0.29) is 23.8 Å². The number of carbonyl (C=O) groups excluding carboxylic acids is 1. The van der Waals surface area contributed by atoms with Crippen LogP contribution in [0.4, 0.5) is 10.8 Å². The summed E-state index contributed by atoms with van der Waals surface area (Å²) in [6.07, 6.45) is 5.36. The van der Waals surface area contributed by atoms with E-state index in [0.29, 0.717) is 19.6 Å². The molecule has 6 nitrogen and oxygen atoms in total. The third-order valence-corrected chi connectivity index (χ3v) is 8.13. The van der Waals surface area contributed by atoms with Gasteiger partial charge in [0.2, 0.25) is 0 Å². The second-order valence-corrected chi connectivity index (χ2v) is 11.0. The largest absolute Gasteiger partial charge is 0.394 e. The summed E-state index contributed by atoms with van der Waals surface area (Å²) in [5.41, 5.74) is 2.92. The molecule has 0 aromatic carbocycles. The molecule has 2 saturated heterocycles. The van der Waals surface area contributed by atoms with E-state index in [1.165, 1.54) is 0 Å². The minimum atomic E-state index is -0.0496. The summed E-state index contributed by atoms with van der Waals surface area (Å²) in [6, 6.07) is 4.16. The first-order chi connectivity index (χ1) is 15.9. The third kappa shape index (κ3) is 4.52. The Balaban J connectivity index is 1.48. The highest BCUT2D eigenvalue weighted by atomic mass is 32.1. The number of aliphatic hydroxyl groups excluding tert-OH is 1. The standard InChI is InChI=1S/C26H31N3O3S/c1-26(2)14-21-20(25(28-10-12-32-13-11-28)33-24(21)22(31)15-26)7-5-18-6-8-23(27-16-18)29-9-3-4-19(29)17-30/h6,8,16,19,30H,3-4,9-15,17H2,1-2H3/t19-/m0/s1. The summed E-state index contributed by atoms with van der Waals surface area (Å²) in [4.78, 5) is 22.9. The van der Waals surface area contributed by atoms with Gasteiger partial charge >= 0.3 is 0 Å². The molecule has 2 aromatic heterocycles. The average molecular weight is 466 g/mol.